The van der Waals surface area contributed by atoms with Gasteiger partial charge in [0, 0.05) is 50.2 Å². The van der Waals surface area contributed by atoms with Crippen LogP contribution in [-0.4, -0.2) is 100 Å². The van der Waals surface area contributed by atoms with Crippen LogP contribution in [-0.2, 0) is 49.4 Å². The molecule has 106 heavy (non-hydrogen) atoms. The lowest BCUT2D eigenvalue weighted by Gasteiger charge is -2.35. The quantitative estimate of drug-likeness (QED) is 0.0623. The number of hydrogen-bond donors (Lipinski definition) is 4. The van der Waals surface area contributed by atoms with Crippen LogP contribution in [0.15, 0.2) is 216 Å². The second kappa shape index (κ2) is 39.2. The molecule has 6 aliphatic heterocycles. The van der Waals surface area contributed by atoms with Crippen LogP contribution < -0.4 is 22.0 Å². The van der Waals surface area contributed by atoms with Crippen LogP contribution in [0.2, 0.25) is 0 Å². The first-order valence-electron chi connectivity index (χ1n) is 36.1. The number of ether oxygens (including phenoxy) is 2. The van der Waals surface area contributed by atoms with Gasteiger partial charge in [-0.3, -0.25) is 18.7 Å². The molecule has 1 saturated carbocycles. The summed E-state index contributed by atoms with van der Waals surface area (Å²) in [6, 6.07) is 65.9. The van der Waals surface area contributed by atoms with Crippen molar-refractivity contribution in [3.05, 3.63) is 261 Å². The lowest BCUT2D eigenvalue weighted by Crippen LogP contribution is -2.40. The summed E-state index contributed by atoms with van der Waals surface area (Å²) in [4.78, 5) is 56.5. The minimum atomic E-state index is -1.38. The minimum absolute atomic E-state index is 0. The molecule has 0 bridgehead atoms. The van der Waals surface area contributed by atoms with Crippen molar-refractivity contribution in [3.8, 4) is 0 Å². The zero-order valence-corrected chi connectivity index (χ0v) is 67.4. The third kappa shape index (κ3) is 18.6. The zero-order valence-electron chi connectivity index (χ0n) is 60.9. The van der Waals surface area contributed by atoms with Crippen LogP contribution >= 0.6 is 81.4 Å². The van der Waals surface area contributed by atoms with Gasteiger partial charge in [0.2, 0.25) is 19.5 Å². The fourth-order valence-electron chi connectivity index (χ4n) is 15.3. The van der Waals surface area contributed by atoms with Crippen molar-refractivity contribution >= 4 is 105 Å². The molecule has 15 rings (SSSR count). The van der Waals surface area contributed by atoms with Crippen molar-refractivity contribution in [2.24, 2.45) is 17.8 Å². The summed E-state index contributed by atoms with van der Waals surface area (Å²) >= 11 is 6.57. The third-order valence-electron chi connectivity index (χ3n) is 20.7. The van der Waals surface area contributed by atoms with E-state index in [9.17, 15) is 29.4 Å². The number of anilines is 2. The number of nitrogens with one attached hydrogen (secondary N) is 2. The van der Waals surface area contributed by atoms with Gasteiger partial charge in [0.1, 0.15) is 40.9 Å². The number of aliphatic hydroxyl groups is 2. The molecule has 8 aromatic rings. The van der Waals surface area contributed by atoms with Gasteiger partial charge in [-0.15, -0.1) is 0 Å². The van der Waals surface area contributed by atoms with E-state index in [0.29, 0.717) is 31.2 Å². The van der Waals surface area contributed by atoms with Crippen LogP contribution in [0.4, 0.5) is 11.6 Å². The van der Waals surface area contributed by atoms with Crippen LogP contribution in [0.5, 0.6) is 0 Å². The Labute approximate surface area is 658 Å². The molecule has 19 nitrogen and oxygen atoms in total. The largest absolute Gasteiger partial charge is 0.390 e. The van der Waals surface area contributed by atoms with Gasteiger partial charge in [-0.2, -0.15) is 64.0 Å². The minimum Gasteiger partial charge on any atom is -0.390 e. The molecule has 4 N–H and O–H groups in total. The molecular weight excluding hydrogens is 1470 g/mol. The van der Waals surface area contributed by atoms with Crippen molar-refractivity contribution in [1.82, 2.24) is 28.4 Å². The summed E-state index contributed by atoms with van der Waals surface area (Å²) < 4.78 is 39.9. The highest BCUT2D eigenvalue weighted by atomic mass is 35.7. The van der Waals surface area contributed by atoms with Crippen LogP contribution in [0.3, 0.4) is 0 Å². The van der Waals surface area contributed by atoms with Gasteiger partial charge in [0.05, 0.1) is 36.5 Å². The molecule has 1 unspecified atom stereocenters. The molecule has 26 heteroatoms. The van der Waals surface area contributed by atoms with Crippen molar-refractivity contribution in [2.75, 3.05) is 23.7 Å². The fraction of sp³-hybridized carbons (Fsp3) is 0.425. The average molecular weight is 1580 g/mol. The van der Waals surface area contributed by atoms with Gasteiger partial charge in [-0.25, -0.2) is 18.9 Å². The Balaban J connectivity index is 0.000000187. The molecule has 0 spiro atoms. The average Bonchev–Trinajstić information content (AvgIpc) is 1.56. The normalized spacial score (nSPS) is 24.0. The summed E-state index contributed by atoms with van der Waals surface area (Å²) in [5.41, 5.74) is 3.86. The second-order valence-electron chi connectivity index (χ2n) is 27.8. The molecule has 2 amide bonds. The van der Waals surface area contributed by atoms with E-state index in [1.807, 2.05) is 91.9 Å². The number of hydrogen-bond acceptors (Lipinski definition) is 15. The standard InChI is InChI=1S/C31H37N4O5P.C18H20O.C17H17ClNOP.C14H21N3O4.4H2S/c1-4-24-25(20-28(38-24)34-19-17-27(33-30(34)37)32-29(36)21(2)3)39-41-35-18-11-16-26(35)31(40-41,22-12-7-5-8-13-22)23-14-9-6-10-15-23;19-18(17-13-7-8-14-17,15-9-3-1-4-10-15)16-11-5-2-6-12-16;18-21-19-13-7-12-16(19)17(20-21,14-8-3-1-4-9-14)15-10-5-2-6-11-15;1-4-10-9(18)7-12(21-10)17-6-5-11(16-14(17)20)15-13(19)8(2)3;;;;/h5-10,12-15,17,19,21,24-26,28H,4,11,16,18,20H2,1-3H3,(H,32,33,36,37);1-6,9-12,17,19H,7-8,13-14H2;1-6,8-11,16H,7,12-13H2;5-6,8-10,12,18H,4,7H2,1-3H3,(H,15,16,19,20);4*1H2/t24-,25-,26+,28-,41+;;16-,21?;9-,10-,12-;;;;/m1.01..../s1. The maximum atomic E-state index is 12.9. The number of carbonyl (C=O) groups excluding carboxylic acids is 2. The van der Waals surface area contributed by atoms with Crippen LogP contribution in [0, 0.1) is 17.8 Å². The maximum Gasteiger partial charge on any atom is 0.351 e. The fourth-order valence-corrected chi connectivity index (χ4v) is 19.8. The number of rotatable bonds is 17. The molecule has 2 aromatic heterocycles. The van der Waals surface area contributed by atoms with E-state index in [2.05, 4.69) is 134 Å². The third-order valence-corrected chi connectivity index (χ3v) is 24.6. The maximum absolute atomic E-state index is 12.9. The van der Waals surface area contributed by atoms with Crippen LogP contribution in [0.25, 0.3) is 0 Å². The highest BCUT2D eigenvalue weighted by Gasteiger charge is 2.60. The number of aromatic nitrogens is 4. The zero-order chi connectivity index (χ0) is 71.5. The number of benzene rings is 6. The second-order valence-corrected chi connectivity index (χ2v) is 31.2. The molecule has 6 saturated heterocycles. The predicted octanol–water partition coefficient (Wildman–Crippen LogP) is 15.9. The first kappa shape index (κ1) is 85.8. The van der Waals surface area contributed by atoms with E-state index in [-0.39, 0.29) is 114 Å². The number of aliphatic hydroxyl groups excluding tert-OH is 1. The topological polar surface area (TPSA) is 221 Å². The Hall–Kier alpha value is -5.79. The van der Waals surface area contributed by atoms with E-state index in [4.69, 9.17) is 34.3 Å². The first-order valence-corrected chi connectivity index (χ1v) is 39.4. The van der Waals surface area contributed by atoms with Gasteiger partial charge in [-0.1, -0.05) is 236 Å². The molecular formula is C80H103ClN8O11P2S4. The van der Waals surface area contributed by atoms with E-state index >= 15 is 0 Å². The van der Waals surface area contributed by atoms with E-state index in [0.717, 1.165) is 73.9 Å². The van der Waals surface area contributed by atoms with Crippen molar-refractivity contribution in [3.63, 3.8) is 0 Å². The summed E-state index contributed by atoms with van der Waals surface area (Å²) in [5.74, 6) is 0.0123. The summed E-state index contributed by atoms with van der Waals surface area (Å²) in [6.07, 6.45) is 12.3. The molecule has 6 aromatic carbocycles. The number of nitrogens with zero attached hydrogens (tertiary/aromatic N) is 6. The van der Waals surface area contributed by atoms with Gasteiger partial charge in [0.25, 0.3) is 8.53 Å². The van der Waals surface area contributed by atoms with Gasteiger partial charge in [-0.05, 0) is 114 Å². The Bertz CT molecular complexity index is 4060. The summed E-state index contributed by atoms with van der Waals surface area (Å²) in [5, 5.41) is 26.5. The Morgan fingerprint density at radius 3 is 1.32 bits per heavy atom. The summed E-state index contributed by atoms with van der Waals surface area (Å²) in [7, 11) is -2.41. The first-order chi connectivity index (χ1) is 49.5. The molecule has 8 heterocycles. The van der Waals surface area contributed by atoms with E-state index in [1.54, 1.807) is 46.0 Å². The lowest BCUT2D eigenvalue weighted by molar-refractivity contribution is -0.119. The number of carbonyl (C=O) groups is 2. The molecule has 0 radical (unpaired) electrons. The molecule has 570 valence electrons. The number of fused-ring (bicyclic) bond motifs is 2. The number of halogens is 1. The number of amides is 2. The van der Waals surface area contributed by atoms with Crippen molar-refractivity contribution < 1.29 is 42.8 Å². The van der Waals surface area contributed by atoms with E-state index < -0.39 is 62.9 Å². The van der Waals surface area contributed by atoms with Gasteiger partial charge < -0.3 is 43.9 Å². The van der Waals surface area contributed by atoms with Crippen molar-refractivity contribution in [1.29, 1.82) is 0 Å². The Morgan fingerprint density at radius 2 is 0.925 bits per heavy atom. The Morgan fingerprint density at radius 1 is 0.547 bits per heavy atom. The highest BCUT2D eigenvalue weighted by molar-refractivity contribution is 7.78. The molecule has 7 fully saturated rings. The molecule has 10 atom stereocenters. The predicted molar refractivity (Wildman–Crippen MR) is 440 cm³/mol. The van der Waals surface area contributed by atoms with Gasteiger partial charge in [0.15, 0.2) is 0 Å². The van der Waals surface area contributed by atoms with Gasteiger partial charge >= 0.3 is 11.4 Å². The van der Waals surface area contributed by atoms with Crippen molar-refractivity contribution in [2.45, 2.75) is 184 Å². The SMILES string of the molecule is CC[C@H]1O[C@@H](n2ccc(NC(=O)C(C)C)nc2=O)C[C@H]1O.CC[C@H]1O[C@@H](n2ccc(NC(=O)C(C)C)nc2=O)C[C@H]1O[P@@]1OC(c2ccccc2)(c2ccccc2)[C@@H]2CCCN21.ClP1OC(c2ccccc2)(c2ccccc2)[C@@H]2CCCN21.OC(c1ccccc1)(c1ccccc1)C1CCCC1.S.S.S.S. The molecule has 1 aliphatic carbocycles. The summed E-state index contributed by atoms with van der Waals surface area (Å²) in [6.45, 7) is 13.0. The lowest BCUT2D eigenvalue weighted by atomic mass is 9.75. The van der Waals surface area contributed by atoms with Crippen LogP contribution in [0.1, 0.15) is 164 Å². The Kier molecular flexibility index (Phi) is 31.7. The smallest absolute Gasteiger partial charge is 0.351 e. The monoisotopic (exact) mass is 1580 g/mol. The molecule has 7 aliphatic rings. The highest BCUT2D eigenvalue weighted by Crippen LogP contribution is 2.68. The van der Waals surface area contributed by atoms with E-state index in [1.165, 1.54) is 45.7 Å².